The van der Waals surface area contributed by atoms with Gasteiger partial charge in [0, 0.05) is 34.9 Å². The van der Waals surface area contributed by atoms with Crippen LogP contribution in [0.15, 0.2) is 36.7 Å². The second kappa shape index (κ2) is 5.13. The van der Waals surface area contributed by atoms with E-state index in [1.807, 2.05) is 41.2 Å². The van der Waals surface area contributed by atoms with Gasteiger partial charge in [0.2, 0.25) is 0 Å². The molecule has 0 spiro atoms. The molecule has 16 heavy (non-hydrogen) atoms. The van der Waals surface area contributed by atoms with Gasteiger partial charge in [0.15, 0.2) is 0 Å². The number of halogens is 3. The molecule has 0 radical (unpaired) electrons. The van der Waals surface area contributed by atoms with Gasteiger partial charge >= 0.3 is 0 Å². The lowest BCUT2D eigenvalue weighted by atomic mass is 10.2. The number of nitrogens with zero attached hydrogens (tertiary/aromatic N) is 1. The first-order chi connectivity index (χ1) is 7.74. The lowest BCUT2D eigenvalue weighted by Crippen LogP contribution is -1.88. The average Bonchev–Trinajstić information content (AvgIpc) is 2.73. The van der Waals surface area contributed by atoms with Gasteiger partial charge in [-0.05, 0) is 35.4 Å². The van der Waals surface area contributed by atoms with Gasteiger partial charge in [0.1, 0.15) is 0 Å². The molecule has 1 heterocycles. The molecule has 0 amide bonds. The molecule has 84 valence electrons. The predicted octanol–water partition coefficient (Wildman–Crippen LogP) is 4.61. The molecule has 4 heteroatoms. The van der Waals surface area contributed by atoms with E-state index in [2.05, 4.69) is 0 Å². The molecular weight excluding hydrogens is 264 g/mol. The van der Waals surface area contributed by atoms with Crippen molar-refractivity contribution in [1.29, 1.82) is 0 Å². The molecule has 0 saturated carbocycles. The van der Waals surface area contributed by atoms with Gasteiger partial charge in [-0.3, -0.25) is 0 Å². The largest absolute Gasteiger partial charge is 0.323 e. The summed E-state index contributed by atoms with van der Waals surface area (Å²) in [5.41, 5.74) is 3.17. The van der Waals surface area contributed by atoms with Crippen LogP contribution in [0.25, 0.3) is 5.69 Å². The van der Waals surface area contributed by atoms with E-state index in [0.717, 1.165) is 21.8 Å². The van der Waals surface area contributed by atoms with E-state index in [1.165, 1.54) is 0 Å². The van der Waals surface area contributed by atoms with Crippen molar-refractivity contribution < 1.29 is 0 Å². The van der Waals surface area contributed by atoms with Crippen LogP contribution in [0.4, 0.5) is 0 Å². The van der Waals surface area contributed by atoms with E-state index in [-0.39, 0.29) is 0 Å². The van der Waals surface area contributed by atoms with Gasteiger partial charge in [-0.1, -0.05) is 11.6 Å². The lowest BCUT2D eigenvalue weighted by Gasteiger charge is -2.01. The van der Waals surface area contributed by atoms with Gasteiger partial charge in [0.05, 0.1) is 0 Å². The van der Waals surface area contributed by atoms with Crippen molar-refractivity contribution in [3.8, 4) is 5.69 Å². The molecule has 0 unspecified atom stereocenters. The van der Waals surface area contributed by atoms with Crippen LogP contribution < -0.4 is 0 Å². The van der Waals surface area contributed by atoms with E-state index in [4.69, 9.17) is 34.8 Å². The van der Waals surface area contributed by atoms with Gasteiger partial charge in [-0.2, -0.15) is 0 Å². The first-order valence-corrected chi connectivity index (χ1v) is 6.27. The SMILES string of the molecule is ClCc1cn(-c2ccc(Cl)cc2)cc1CCl. The Bertz CT molecular complexity index is 452. The number of hydrogen-bond acceptors (Lipinski definition) is 0. The zero-order chi connectivity index (χ0) is 11.5. The number of alkyl halides is 2. The smallest absolute Gasteiger partial charge is 0.0492 e. The standard InChI is InChI=1S/C12H10Cl3N/c13-5-9-7-16(8-10(9)6-14)12-3-1-11(15)2-4-12/h1-4,7-8H,5-6H2. The summed E-state index contributed by atoms with van der Waals surface area (Å²) in [6.45, 7) is 0. The average molecular weight is 275 g/mol. The topological polar surface area (TPSA) is 4.93 Å². The minimum Gasteiger partial charge on any atom is -0.323 e. The summed E-state index contributed by atoms with van der Waals surface area (Å²) < 4.78 is 2.01. The van der Waals surface area contributed by atoms with Crippen LogP contribution in [0.2, 0.25) is 5.02 Å². The molecule has 1 aromatic carbocycles. The zero-order valence-corrected chi connectivity index (χ0v) is 10.7. The summed E-state index contributed by atoms with van der Waals surface area (Å²) in [7, 11) is 0. The summed E-state index contributed by atoms with van der Waals surface area (Å²) in [5, 5.41) is 0.728. The van der Waals surface area contributed by atoms with E-state index < -0.39 is 0 Å². The van der Waals surface area contributed by atoms with Gasteiger partial charge in [-0.25, -0.2) is 0 Å². The molecule has 2 aromatic rings. The molecule has 0 N–H and O–H groups in total. The van der Waals surface area contributed by atoms with Crippen molar-refractivity contribution in [2.24, 2.45) is 0 Å². The van der Waals surface area contributed by atoms with Gasteiger partial charge in [0.25, 0.3) is 0 Å². The van der Waals surface area contributed by atoms with E-state index in [9.17, 15) is 0 Å². The highest BCUT2D eigenvalue weighted by Crippen LogP contribution is 2.20. The maximum absolute atomic E-state index is 5.84. The number of benzene rings is 1. The zero-order valence-electron chi connectivity index (χ0n) is 8.46. The summed E-state index contributed by atoms with van der Waals surface area (Å²) in [4.78, 5) is 0. The lowest BCUT2D eigenvalue weighted by molar-refractivity contribution is 1.07. The van der Waals surface area contributed by atoms with Crippen LogP contribution in [0, 0.1) is 0 Å². The molecule has 0 aliphatic rings. The fourth-order valence-corrected chi connectivity index (χ4v) is 2.15. The van der Waals surface area contributed by atoms with Crippen molar-refractivity contribution in [3.05, 3.63) is 52.8 Å². The third-order valence-electron chi connectivity index (χ3n) is 2.42. The maximum Gasteiger partial charge on any atom is 0.0492 e. The van der Waals surface area contributed by atoms with Crippen LogP contribution >= 0.6 is 34.8 Å². The molecule has 0 aliphatic carbocycles. The second-order valence-corrected chi connectivity index (χ2v) is 4.43. The molecule has 0 atom stereocenters. The molecule has 1 nitrogen and oxygen atoms in total. The predicted molar refractivity (Wildman–Crippen MR) is 69.9 cm³/mol. The van der Waals surface area contributed by atoms with Crippen LogP contribution in [0.3, 0.4) is 0 Å². The Labute approximate surface area is 110 Å². The van der Waals surface area contributed by atoms with Crippen LogP contribution in [0.5, 0.6) is 0 Å². The summed E-state index contributed by atoms with van der Waals surface area (Å²) >= 11 is 17.5. The molecule has 0 bridgehead atoms. The van der Waals surface area contributed by atoms with Gasteiger partial charge in [-0.15, -0.1) is 23.2 Å². The fourth-order valence-electron chi connectivity index (χ4n) is 1.54. The minimum atomic E-state index is 0.475. The minimum absolute atomic E-state index is 0.475. The van der Waals surface area contributed by atoms with Crippen LogP contribution in [-0.2, 0) is 11.8 Å². The summed E-state index contributed by atoms with van der Waals surface area (Å²) in [5.74, 6) is 0.950. The highest BCUT2D eigenvalue weighted by Gasteiger charge is 2.05. The van der Waals surface area contributed by atoms with Crippen molar-refractivity contribution in [1.82, 2.24) is 4.57 Å². The summed E-state index contributed by atoms with van der Waals surface area (Å²) in [6, 6.07) is 7.63. The Kier molecular flexibility index (Phi) is 3.80. The Balaban J connectivity index is 2.40. The Morgan fingerprint density at radius 1 is 0.875 bits per heavy atom. The van der Waals surface area contributed by atoms with E-state index in [1.54, 1.807) is 0 Å². The fraction of sp³-hybridized carbons (Fsp3) is 0.167. The monoisotopic (exact) mass is 273 g/mol. The van der Waals surface area contributed by atoms with Crippen LogP contribution in [-0.4, -0.2) is 4.57 Å². The van der Waals surface area contributed by atoms with Crippen molar-refractivity contribution in [3.63, 3.8) is 0 Å². The van der Waals surface area contributed by atoms with E-state index in [0.29, 0.717) is 11.8 Å². The normalized spacial score (nSPS) is 10.7. The Morgan fingerprint density at radius 3 is 1.81 bits per heavy atom. The number of rotatable bonds is 3. The number of aromatic nitrogens is 1. The third-order valence-corrected chi connectivity index (χ3v) is 3.24. The van der Waals surface area contributed by atoms with Crippen molar-refractivity contribution in [2.75, 3.05) is 0 Å². The quantitative estimate of drug-likeness (QED) is 0.720. The third kappa shape index (κ3) is 2.37. The molecule has 0 fully saturated rings. The Hall–Kier alpha value is -0.630. The molecular formula is C12H10Cl3N. The van der Waals surface area contributed by atoms with Crippen molar-refractivity contribution >= 4 is 34.8 Å². The van der Waals surface area contributed by atoms with Crippen molar-refractivity contribution in [2.45, 2.75) is 11.8 Å². The number of hydrogen-bond donors (Lipinski definition) is 0. The molecule has 0 saturated heterocycles. The van der Waals surface area contributed by atoms with Crippen LogP contribution in [0.1, 0.15) is 11.1 Å². The highest BCUT2D eigenvalue weighted by atomic mass is 35.5. The maximum atomic E-state index is 5.84. The highest BCUT2D eigenvalue weighted by molar-refractivity contribution is 6.30. The molecule has 2 rings (SSSR count). The first-order valence-electron chi connectivity index (χ1n) is 4.82. The molecule has 1 aromatic heterocycles. The van der Waals surface area contributed by atoms with E-state index >= 15 is 0 Å². The Morgan fingerprint density at radius 2 is 1.38 bits per heavy atom. The summed E-state index contributed by atoms with van der Waals surface area (Å²) in [6.07, 6.45) is 3.99. The second-order valence-electron chi connectivity index (χ2n) is 3.46. The van der Waals surface area contributed by atoms with Gasteiger partial charge < -0.3 is 4.57 Å². The molecule has 0 aliphatic heterocycles. The first kappa shape index (κ1) is 11.8.